The Morgan fingerprint density at radius 1 is 0.957 bits per heavy atom. The summed E-state index contributed by atoms with van der Waals surface area (Å²) in [5.74, 6) is -8.20. The molecule has 0 bridgehead atoms. The number of carbonyl (C=O) groups excluding carboxylic acids is 6. The molecule has 2 saturated carbocycles. The van der Waals surface area contributed by atoms with Crippen molar-refractivity contribution in [1.29, 1.82) is 0 Å². The van der Waals surface area contributed by atoms with Crippen molar-refractivity contribution in [1.82, 2.24) is 20.9 Å². The second kappa shape index (κ2) is 15.1. The van der Waals surface area contributed by atoms with E-state index in [4.69, 9.17) is 9.47 Å². The van der Waals surface area contributed by atoms with E-state index in [1.807, 2.05) is 0 Å². The molecule has 3 fully saturated rings. The molecule has 14 heteroatoms. The number of hydrogen-bond donors (Lipinski definition) is 5. The van der Waals surface area contributed by atoms with Crippen LogP contribution >= 0.6 is 0 Å². The van der Waals surface area contributed by atoms with E-state index in [0.29, 0.717) is 12.8 Å². The number of hydrogen-bond acceptors (Lipinski definition) is 10. The Balaban J connectivity index is 1.77. The summed E-state index contributed by atoms with van der Waals surface area (Å²) in [6, 6.07) is -3.71. The average molecular weight is 665 g/mol. The maximum atomic E-state index is 14.1. The summed E-state index contributed by atoms with van der Waals surface area (Å²) in [7, 11) is 0. The smallest absolute Gasteiger partial charge is 0.408 e. The molecule has 47 heavy (non-hydrogen) atoms. The molecule has 3 aliphatic rings. The largest absolute Gasteiger partial charge is 0.460 e. The molecule has 4 amide bonds. The number of piperidine rings is 1. The molecule has 3 rings (SSSR count). The summed E-state index contributed by atoms with van der Waals surface area (Å²) in [4.78, 5) is 79.9. The van der Waals surface area contributed by atoms with Crippen LogP contribution < -0.4 is 16.0 Å². The van der Waals surface area contributed by atoms with Crippen molar-refractivity contribution in [2.75, 3.05) is 13.1 Å². The Morgan fingerprint density at radius 2 is 1.57 bits per heavy atom. The second-order valence-electron chi connectivity index (χ2n) is 14.8. The molecule has 1 heterocycles. The van der Waals surface area contributed by atoms with Gasteiger partial charge >= 0.3 is 12.1 Å². The van der Waals surface area contributed by atoms with Crippen LogP contribution in [0, 0.1) is 17.8 Å². The van der Waals surface area contributed by atoms with Crippen molar-refractivity contribution >= 4 is 35.6 Å². The van der Waals surface area contributed by atoms with Crippen LogP contribution in [0.2, 0.25) is 0 Å². The Bertz CT molecular complexity index is 1210. The van der Waals surface area contributed by atoms with Gasteiger partial charge in [-0.15, -0.1) is 6.58 Å². The highest BCUT2D eigenvalue weighted by atomic mass is 16.6. The summed E-state index contributed by atoms with van der Waals surface area (Å²) in [5.41, 5.74) is -1.53. The highest BCUT2D eigenvalue weighted by Crippen LogP contribution is 2.57. The molecule has 2 aliphatic carbocycles. The molecule has 0 aromatic rings. The number of Topliss-reactive ketones (excluding diaryl/α,β-unsaturated/α-hetero) is 1. The van der Waals surface area contributed by atoms with Crippen molar-refractivity contribution in [3.63, 3.8) is 0 Å². The highest BCUT2D eigenvalue weighted by molar-refractivity contribution is 6.38. The zero-order valence-corrected chi connectivity index (χ0v) is 28.4. The van der Waals surface area contributed by atoms with Gasteiger partial charge in [0.1, 0.15) is 23.3 Å². The number of ether oxygens (including phenoxy) is 2. The topological polar surface area (TPSA) is 201 Å². The van der Waals surface area contributed by atoms with E-state index in [1.165, 1.54) is 11.0 Å². The molecular formula is C33H52N4O10. The Labute approximate surface area is 276 Å². The summed E-state index contributed by atoms with van der Waals surface area (Å²) in [6.45, 7) is 13.5. The number of rotatable bonds is 13. The van der Waals surface area contributed by atoms with E-state index in [1.54, 1.807) is 41.5 Å². The van der Waals surface area contributed by atoms with Gasteiger partial charge < -0.3 is 40.5 Å². The van der Waals surface area contributed by atoms with Crippen molar-refractivity contribution in [3.8, 4) is 0 Å². The zero-order chi connectivity index (χ0) is 35.3. The summed E-state index contributed by atoms with van der Waals surface area (Å²) in [6.07, 6.45) is 4.91. The van der Waals surface area contributed by atoms with Crippen molar-refractivity contribution < 1.29 is 48.5 Å². The van der Waals surface area contributed by atoms with Crippen molar-refractivity contribution in [3.05, 3.63) is 12.7 Å². The van der Waals surface area contributed by atoms with Crippen LogP contribution in [-0.4, -0.2) is 98.9 Å². The number of fused-ring (bicyclic) bond motifs is 1. The highest BCUT2D eigenvalue weighted by Gasteiger charge is 2.74. The molecule has 5 N–H and O–H groups in total. The lowest BCUT2D eigenvalue weighted by Crippen LogP contribution is -2.60. The first-order valence-corrected chi connectivity index (χ1v) is 16.5. The molecule has 264 valence electrons. The van der Waals surface area contributed by atoms with Crippen molar-refractivity contribution in [2.45, 2.75) is 128 Å². The van der Waals surface area contributed by atoms with Gasteiger partial charge in [-0.2, -0.15) is 0 Å². The minimum Gasteiger partial charge on any atom is -0.460 e. The molecule has 0 spiro atoms. The minimum atomic E-state index is -2.20. The van der Waals surface area contributed by atoms with Gasteiger partial charge in [0.2, 0.25) is 17.6 Å². The second-order valence-corrected chi connectivity index (χ2v) is 14.8. The van der Waals surface area contributed by atoms with Gasteiger partial charge in [-0.1, -0.05) is 25.3 Å². The number of carbonyl (C=O) groups is 6. The predicted molar refractivity (Wildman–Crippen MR) is 169 cm³/mol. The quantitative estimate of drug-likeness (QED) is 0.0831. The lowest BCUT2D eigenvalue weighted by atomic mass is 9.83. The molecule has 5 atom stereocenters. The number of nitrogens with one attached hydrogen (secondary N) is 3. The summed E-state index contributed by atoms with van der Waals surface area (Å²) < 4.78 is 10.6. The van der Waals surface area contributed by atoms with Gasteiger partial charge in [-0.05, 0) is 73.1 Å². The number of alkyl carbamates (subject to hydrolysis) is 1. The molecule has 1 aliphatic heterocycles. The Hall–Kier alpha value is -3.52. The van der Waals surface area contributed by atoms with Gasteiger partial charge in [-0.3, -0.25) is 24.0 Å². The average Bonchev–Trinajstić information content (AvgIpc) is 3.26. The van der Waals surface area contributed by atoms with Crippen LogP contribution in [0.15, 0.2) is 12.7 Å². The minimum absolute atomic E-state index is 0.0105. The molecule has 14 nitrogen and oxygen atoms in total. The van der Waals surface area contributed by atoms with Gasteiger partial charge in [0.25, 0.3) is 5.91 Å². The lowest BCUT2D eigenvalue weighted by molar-refractivity contribution is -0.155. The normalized spacial score (nSPS) is 23.4. The summed E-state index contributed by atoms with van der Waals surface area (Å²) in [5, 5.41) is 28.7. The van der Waals surface area contributed by atoms with Crippen LogP contribution in [0.3, 0.4) is 0 Å². The van der Waals surface area contributed by atoms with E-state index >= 15 is 0 Å². The van der Waals surface area contributed by atoms with E-state index in [-0.39, 0.29) is 38.3 Å². The maximum absolute atomic E-state index is 14.1. The third-order valence-corrected chi connectivity index (χ3v) is 8.59. The van der Waals surface area contributed by atoms with Crippen LogP contribution in [0.1, 0.15) is 92.9 Å². The number of nitrogens with zero attached hydrogens (tertiary/aromatic N) is 1. The predicted octanol–water partition coefficient (Wildman–Crippen LogP) is 1.47. The SMILES string of the molecule is C=CCCC(NC(=O)[C@@H]1C2C(CN1C(=O)C(NC(=O)OC(C)(C)C)C1CCCCC1)C2(O)O)C(=O)C(=O)NCCC(=O)OC(C)(C)C. The van der Waals surface area contributed by atoms with Crippen molar-refractivity contribution in [2.24, 2.45) is 17.8 Å². The fourth-order valence-corrected chi connectivity index (χ4v) is 6.40. The van der Waals surface area contributed by atoms with E-state index < -0.39 is 82.5 Å². The van der Waals surface area contributed by atoms with Gasteiger partial charge in [0.15, 0.2) is 5.79 Å². The first-order valence-electron chi connectivity index (χ1n) is 16.5. The van der Waals surface area contributed by atoms with Gasteiger partial charge in [-0.25, -0.2) is 4.79 Å². The molecule has 4 unspecified atom stereocenters. The Kier molecular flexibility index (Phi) is 12.2. The third-order valence-electron chi connectivity index (χ3n) is 8.59. The molecule has 0 aromatic carbocycles. The number of aliphatic hydroxyl groups is 2. The third kappa shape index (κ3) is 10.2. The van der Waals surface area contributed by atoms with Crippen LogP contribution in [-0.2, 0) is 33.4 Å². The Morgan fingerprint density at radius 3 is 2.15 bits per heavy atom. The number of likely N-dealkylation sites (tertiary alicyclic amines) is 1. The molecule has 0 radical (unpaired) electrons. The fourth-order valence-electron chi connectivity index (χ4n) is 6.40. The number of amides is 4. The fraction of sp³-hybridized carbons (Fsp3) is 0.758. The van der Waals surface area contributed by atoms with E-state index in [0.717, 1.165) is 19.3 Å². The van der Waals surface area contributed by atoms with E-state index in [2.05, 4.69) is 22.5 Å². The van der Waals surface area contributed by atoms with Gasteiger partial charge in [0, 0.05) is 19.0 Å². The summed E-state index contributed by atoms with van der Waals surface area (Å²) >= 11 is 0. The maximum Gasteiger partial charge on any atom is 0.408 e. The standard InChI is InChI=1S/C33H52N4O10/c1-8-9-15-21(26(39)28(41)34-17-16-22(38)46-31(2,3)4)35-27(40)25-23-20(33(23,44)45)18-37(25)29(42)24(19-13-11-10-12-14-19)36-30(43)47-32(5,6)7/h8,19-21,23-25,44-45H,1,9-18H2,2-7H3,(H,34,41)(H,35,40)(H,36,43)/t20?,21?,23?,24?,25-/m0/s1. The molecule has 0 aromatic heterocycles. The number of allylic oxidation sites excluding steroid dienone is 1. The first-order chi connectivity index (χ1) is 21.8. The molecule has 1 saturated heterocycles. The number of ketones is 1. The lowest BCUT2D eigenvalue weighted by Gasteiger charge is -2.37. The first kappa shape index (κ1) is 37.9. The number of esters is 1. The van der Waals surface area contributed by atoms with E-state index in [9.17, 15) is 39.0 Å². The van der Waals surface area contributed by atoms with Crippen LogP contribution in [0.5, 0.6) is 0 Å². The molecular weight excluding hydrogens is 612 g/mol. The van der Waals surface area contributed by atoms with Crippen LogP contribution in [0.25, 0.3) is 0 Å². The van der Waals surface area contributed by atoms with Gasteiger partial charge in [0.05, 0.1) is 18.4 Å². The monoisotopic (exact) mass is 664 g/mol. The zero-order valence-electron chi connectivity index (χ0n) is 28.4. The van der Waals surface area contributed by atoms with Crippen LogP contribution in [0.4, 0.5) is 4.79 Å².